The molecule has 0 aromatic carbocycles. The molecule has 2 saturated heterocycles. The number of quaternary nitrogens is 1. The fourth-order valence-corrected chi connectivity index (χ4v) is 6.69. The van der Waals surface area contributed by atoms with Crippen LogP contribution in [0.15, 0.2) is 0 Å². The highest BCUT2D eigenvalue weighted by Gasteiger charge is 2.22. The summed E-state index contributed by atoms with van der Waals surface area (Å²) in [6.07, 6.45) is 18.5. The van der Waals surface area contributed by atoms with E-state index >= 15 is 0 Å². The standard InChI is InChI=1S/C31H64Cl2N5/c1-35-21-12-22-36-23-20-34-19-18-30(37(26-24-35)27-25-36)16-10-9-14-29(15-11-28-38(2,3)4)13-7-5-6-8-17-31(32)33/h29-31,34H,5-28H2,1-4H3/q+1. The van der Waals surface area contributed by atoms with Crippen LogP contribution in [-0.4, -0.2) is 124 Å². The number of fused-ring (bicyclic) bond motifs is 3. The van der Waals surface area contributed by atoms with Crippen LogP contribution in [0, 0.1) is 5.92 Å². The Hall–Kier alpha value is 0.380. The highest BCUT2D eigenvalue weighted by Crippen LogP contribution is 2.25. The number of nitrogens with one attached hydrogen (secondary N) is 1. The maximum absolute atomic E-state index is 5.90. The van der Waals surface area contributed by atoms with Crippen LogP contribution in [0.3, 0.4) is 0 Å². The highest BCUT2D eigenvalue weighted by molar-refractivity contribution is 6.44. The molecule has 7 heteroatoms. The lowest BCUT2D eigenvalue weighted by Crippen LogP contribution is -2.49. The molecule has 2 fully saturated rings. The molecule has 0 aromatic heterocycles. The van der Waals surface area contributed by atoms with E-state index in [0.29, 0.717) is 0 Å². The normalized spacial score (nSPS) is 25.5. The van der Waals surface area contributed by atoms with Crippen LogP contribution in [0.4, 0.5) is 0 Å². The second-order valence-electron chi connectivity index (χ2n) is 13.4. The third kappa shape index (κ3) is 17.3. The zero-order valence-electron chi connectivity index (χ0n) is 25.7. The van der Waals surface area contributed by atoms with E-state index in [2.05, 4.69) is 48.2 Å². The van der Waals surface area contributed by atoms with Gasteiger partial charge in [0.25, 0.3) is 0 Å². The summed E-state index contributed by atoms with van der Waals surface area (Å²) in [6.45, 7) is 12.2. The van der Waals surface area contributed by atoms with Crippen LogP contribution in [0.1, 0.15) is 89.9 Å². The third-order valence-corrected chi connectivity index (χ3v) is 9.32. The molecule has 0 spiro atoms. The molecule has 1 N–H and O–H groups in total. The van der Waals surface area contributed by atoms with Crippen molar-refractivity contribution in [2.75, 3.05) is 93.6 Å². The number of nitrogens with zero attached hydrogens (tertiary/aromatic N) is 4. The summed E-state index contributed by atoms with van der Waals surface area (Å²) in [6, 6.07) is 0.736. The smallest absolute Gasteiger partial charge is 0.107 e. The molecule has 2 bridgehead atoms. The third-order valence-electron chi connectivity index (χ3n) is 8.89. The number of likely N-dealkylation sites (N-methyl/N-ethyl adjacent to an activating group) is 1. The summed E-state index contributed by atoms with van der Waals surface area (Å²) in [5.74, 6) is 0.900. The van der Waals surface area contributed by atoms with Gasteiger partial charge in [-0.25, -0.2) is 0 Å². The first kappa shape index (κ1) is 34.6. The SMILES string of the molecule is CN1CCCN2CCNCCC(CCCCC(CCCCCCC(Cl)Cl)CCC[N+](C)(C)C)N(CC1)CC2. The Morgan fingerprint density at radius 2 is 1.42 bits per heavy atom. The lowest BCUT2D eigenvalue weighted by Gasteiger charge is -2.37. The van der Waals surface area contributed by atoms with Crippen molar-refractivity contribution in [3.8, 4) is 0 Å². The lowest BCUT2D eigenvalue weighted by atomic mass is 9.90. The van der Waals surface area contributed by atoms with E-state index in [-0.39, 0.29) is 4.84 Å². The van der Waals surface area contributed by atoms with Gasteiger partial charge in [0.15, 0.2) is 0 Å². The average molecular weight is 578 g/mol. The second kappa shape index (κ2) is 20.3. The van der Waals surface area contributed by atoms with E-state index < -0.39 is 0 Å². The maximum atomic E-state index is 5.90. The summed E-state index contributed by atoms with van der Waals surface area (Å²) >= 11 is 11.8. The predicted octanol–water partition coefficient (Wildman–Crippen LogP) is 6.10. The lowest BCUT2D eigenvalue weighted by molar-refractivity contribution is -0.870. The van der Waals surface area contributed by atoms with Gasteiger partial charge < -0.3 is 19.6 Å². The van der Waals surface area contributed by atoms with Crippen LogP contribution >= 0.6 is 23.2 Å². The summed E-state index contributed by atoms with van der Waals surface area (Å²) in [5.41, 5.74) is 0. The van der Waals surface area contributed by atoms with Crippen molar-refractivity contribution in [3.63, 3.8) is 0 Å². The van der Waals surface area contributed by atoms with Crippen molar-refractivity contribution in [2.24, 2.45) is 5.92 Å². The monoisotopic (exact) mass is 576 g/mol. The fraction of sp³-hybridized carbons (Fsp3) is 1.00. The zero-order valence-corrected chi connectivity index (χ0v) is 27.3. The van der Waals surface area contributed by atoms with E-state index in [1.54, 1.807) is 0 Å². The molecule has 2 aliphatic heterocycles. The molecular weight excluding hydrogens is 513 g/mol. The number of alkyl halides is 2. The molecule has 4 unspecified atom stereocenters. The van der Waals surface area contributed by atoms with Crippen LogP contribution in [-0.2, 0) is 0 Å². The molecule has 38 heavy (non-hydrogen) atoms. The molecule has 4 atom stereocenters. The molecular formula is C31H64Cl2N5+. The molecule has 5 nitrogen and oxygen atoms in total. The van der Waals surface area contributed by atoms with Crippen molar-refractivity contribution in [2.45, 2.75) is 101 Å². The summed E-state index contributed by atoms with van der Waals surface area (Å²) in [7, 11) is 9.30. The van der Waals surface area contributed by atoms with Crippen molar-refractivity contribution in [1.29, 1.82) is 0 Å². The minimum absolute atomic E-state index is 0.187. The van der Waals surface area contributed by atoms with Gasteiger partial charge in [0.05, 0.1) is 27.7 Å². The molecule has 0 saturated carbocycles. The summed E-state index contributed by atoms with van der Waals surface area (Å²) in [4.78, 5) is 7.93. The van der Waals surface area contributed by atoms with Gasteiger partial charge in [-0.2, -0.15) is 0 Å². The minimum Gasteiger partial charge on any atom is -0.331 e. The average Bonchev–Trinajstić information content (AvgIpc) is 2.85. The van der Waals surface area contributed by atoms with Gasteiger partial charge in [0, 0.05) is 45.3 Å². The van der Waals surface area contributed by atoms with E-state index in [4.69, 9.17) is 23.2 Å². The second-order valence-corrected chi connectivity index (χ2v) is 14.7. The first-order chi connectivity index (χ1) is 18.2. The Kier molecular flexibility index (Phi) is 18.5. The number of hydrogen-bond acceptors (Lipinski definition) is 4. The maximum Gasteiger partial charge on any atom is 0.107 e. The van der Waals surface area contributed by atoms with Gasteiger partial charge in [-0.05, 0) is 71.1 Å². The first-order valence-electron chi connectivity index (χ1n) is 16.2. The van der Waals surface area contributed by atoms with Crippen LogP contribution in [0.2, 0.25) is 0 Å². The van der Waals surface area contributed by atoms with E-state index in [0.717, 1.165) is 29.4 Å². The number of halogens is 2. The molecule has 226 valence electrons. The van der Waals surface area contributed by atoms with E-state index in [1.807, 2.05) is 0 Å². The van der Waals surface area contributed by atoms with Gasteiger partial charge in [0.2, 0.25) is 0 Å². The van der Waals surface area contributed by atoms with Gasteiger partial charge in [-0.15, -0.1) is 23.2 Å². The molecule has 0 aliphatic carbocycles. The molecule has 0 radical (unpaired) electrons. The highest BCUT2D eigenvalue weighted by atomic mass is 35.5. The van der Waals surface area contributed by atoms with Crippen LogP contribution in [0.5, 0.6) is 0 Å². The quantitative estimate of drug-likeness (QED) is 0.136. The zero-order chi connectivity index (χ0) is 27.6. The van der Waals surface area contributed by atoms with Gasteiger partial charge >= 0.3 is 0 Å². The van der Waals surface area contributed by atoms with Crippen molar-refractivity contribution in [1.82, 2.24) is 20.0 Å². The number of rotatable bonds is 16. The van der Waals surface area contributed by atoms with Crippen molar-refractivity contribution in [3.05, 3.63) is 0 Å². The Morgan fingerprint density at radius 3 is 2.16 bits per heavy atom. The van der Waals surface area contributed by atoms with Gasteiger partial charge in [-0.3, -0.25) is 4.90 Å². The van der Waals surface area contributed by atoms with E-state index in [9.17, 15) is 0 Å². The van der Waals surface area contributed by atoms with Crippen LogP contribution < -0.4 is 5.32 Å². The molecule has 2 aliphatic rings. The minimum atomic E-state index is -0.187. The predicted molar refractivity (Wildman–Crippen MR) is 169 cm³/mol. The molecule has 0 amide bonds. The molecule has 0 aromatic rings. The number of hydrogen-bond donors (Lipinski definition) is 1. The topological polar surface area (TPSA) is 21.8 Å². The van der Waals surface area contributed by atoms with Gasteiger partial charge in [-0.1, -0.05) is 51.4 Å². The first-order valence-corrected chi connectivity index (χ1v) is 17.0. The van der Waals surface area contributed by atoms with E-state index in [1.165, 1.54) is 142 Å². The Bertz CT molecular complexity index is 571. The van der Waals surface area contributed by atoms with Crippen molar-refractivity contribution < 1.29 is 4.48 Å². The summed E-state index contributed by atoms with van der Waals surface area (Å²) < 4.78 is 1.09. The Balaban J connectivity index is 1.81. The Labute approximate surface area is 247 Å². The Morgan fingerprint density at radius 1 is 0.737 bits per heavy atom. The molecule has 2 rings (SSSR count). The largest absolute Gasteiger partial charge is 0.331 e. The van der Waals surface area contributed by atoms with Crippen molar-refractivity contribution >= 4 is 23.2 Å². The fourth-order valence-electron chi connectivity index (χ4n) is 6.38. The molecule has 2 heterocycles. The summed E-state index contributed by atoms with van der Waals surface area (Å²) in [5, 5.41) is 3.76. The number of unbranched alkanes of at least 4 members (excludes halogenated alkanes) is 4. The van der Waals surface area contributed by atoms with Gasteiger partial charge in [0.1, 0.15) is 4.84 Å². The van der Waals surface area contributed by atoms with Crippen LogP contribution in [0.25, 0.3) is 0 Å².